The SMILES string of the molecule is Cc1ccc(C#CCS)nc1. The standard InChI is InChI=1S/C9H9NS/c1-8-4-5-9(10-7-8)3-2-6-11/h4-5,7,11H,6H2,1H3. The van der Waals surface area contributed by atoms with Crippen molar-refractivity contribution in [1.29, 1.82) is 0 Å². The molecule has 0 aliphatic carbocycles. The van der Waals surface area contributed by atoms with Crippen molar-refractivity contribution < 1.29 is 0 Å². The molecule has 0 N–H and O–H groups in total. The van der Waals surface area contributed by atoms with E-state index in [-0.39, 0.29) is 0 Å². The van der Waals surface area contributed by atoms with Crippen molar-refractivity contribution in [1.82, 2.24) is 4.98 Å². The Morgan fingerprint density at radius 3 is 2.91 bits per heavy atom. The molecule has 56 valence electrons. The number of hydrogen-bond donors (Lipinski definition) is 1. The van der Waals surface area contributed by atoms with E-state index in [9.17, 15) is 0 Å². The van der Waals surface area contributed by atoms with Crippen LogP contribution in [0.2, 0.25) is 0 Å². The predicted octanol–water partition coefficient (Wildman–Crippen LogP) is 1.67. The molecule has 0 fully saturated rings. The van der Waals surface area contributed by atoms with Gasteiger partial charge in [-0.3, -0.25) is 0 Å². The number of pyridine rings is 1. The summed E-state index contributed by atoms with van der Waals surface area (Å²) in [5, 5.41) is 0. The minimum Gasteiger partial charge on any atom is -0.248 e. The Kier molecular flexibility index (Phi) is 3.00. The van der Waals surface area contributed by atoms with E-state index in [1.165, 1.54) is 0 Å². The maximum Gasteiger partial charge on any atom is 0.113 e. The molecule has 0 aromatic carbocycles. The van der Waals surface area contributed by atoms with Gasteiger partial charge in [0, 0.05) is 6.20 Å². The molecule has 0 atom stereocenters. The molecule has 0 unspecified atom stereocenters. The Balaban J connectivity index is 2.82. The van der Waals surface area contributed by atoms with Gasteiger partial charge in [0.15, 0.2) is 0 Å². The van der Waals surface area contributed by atoms with E-state index in [0.29, 0.717) is 5.75 Å². The Morgan fingerprint density at radius 2 is 2.36 bits per heavy atom. The van der Waals surface area contributed by atoms with Crippen LogP contribution < -0.4 is 0 Å². The molecule has 1 aromatic rings. The molecule has 0 spiro atoms. The largest absolute Gasteiger partial charge is 0.248 e. The molecular formula is C9H9NS. The van der Waals surface area contributed by atoms with Gasteiger partial charge in [0.05, 0.1) is 5.75 Å². The summed E-state index contributed by atoms with van der Waals surface area (Å²) in [6.07, 6.45) is 1.81. The number of aryl methyl sites for hydroxylation is 1. The zero-order valence-electron chi connectivity index (χ0n) is 6.33. The van der Waals surface area contributed by atoms with Gasteiger partial charge in [-0.1, -0.05) is 12.0 Å². The van der Waals surface area contributed by atoms with E-state index in [4.69, 9.17) is 0 Å². The maximum absolute atomic E-state index is 4.11. The molecule has 0 saturated heterocycles. The summed E-state index contributed by atoms with van der Waals surface area (Å²) in [6.45, 7) is 2.00. The molecule has 1 nitrogen and oxygen atoms in total. The van der Waals surface area contributed by atoms with Gasteiger partial charge in [-0.2, -0.15) is 12.6 Å². The van der Waals surface area contributed by atoms with E-state index >= 15 is 0 Å². The van der Waals surface area contributed by atoms with Crippen LogP contribution in [0, 0.1) is 18.8 Å². The summed E-state index contributed by atoms with van der Waals surface area (Å²) in [5.41, 5.74) is 1.96. The van der Waals surface area contributed by atoms with Crippen molar-refractivity contribution in [2.75, 3.05) is 5.75 Å². The number of aromatic nitrogens is 1. The lowest BCUT2D eigenvalue weighted by Gasteiger charge is -1.89. The number of rotatable bonds is 0. The summed E-state index contributed by atoms with van der Waals surface area (Å²) in [6, 6.07) is 3.90. The highest BCUT2D eigenvalue weighted by Gasteiger charge is 1.85. The number of hydrogen-bond acceptors (Lipinski definition) is 2. The second-order valence-corrected chi connectivity index (χ2v) is 2.50. The first-order valence-corrected chi connectivity index (χ1v) is 3.98. The van der Waals surface area contributed by atoms with Gasteiger partial charge in [-0.25, -0.2) is 4.98 Å². The first-order valence-electron chi connectivity index (χ1n) is 3.35. The summed E-state index contributed by atoms with van der Waals surface area (Å²) < 4.78 is 0. The monoisotopic (exact) mass is 163 g/mol. The van der Waals surface area contributed by atoms with Crippen molar-refractivity contribution >= 4 is 12.6 Å². The normalized spacial score (nSPS) is 8.55. The van der Waals surface area contributed by atoms with Crippen LogP contribution in [-0.2, 0) is 0 Å². The third-order valence-corrected chi connectivity index (χ3v) is 1.36. The van der Waals surface area contributed by atoms with E-state index in [1.807, 2.05) is 25.3 Å². The van der Waals surface area contributed by atoms with Crippen molar-refractivity contribution in [3.63, 3.8) is 0 Å². The molecule has 0 amide bonds. The second-order valence-electron chi connectivity index (χ2n) is 2.18. The summed E-state index contributed by atoms with van der Waals surface area (Å²) in [4.78, 5) is 4.11. The molecular weight excluding hydrogens is 154 g/mol. The molecule has 0 aliphatic rings. The van der Waals surface area contributed by atoms with Crippen molar-refractivity contribution in [3.8, 4) is 11.8 Å². The molecule has 11 heavy (non-hydrogen) atoms. The van der Waals surface area contributed by atoms with Crippen LogP contribution in [0.1, 0.15) is 11.3 Å². The van der Waals surface area contributed by atoms with Gasteiger partial charge in [-0.15, -0.1) is 0 Å². The highest BCUT2D eigenvalue weighted by molar-refractivity contribution is 7.80. The topological polar surface area (TPSA) is 12.9 Å². The minimum atomic E-state index is 0.579. The highest BCUT2D eigenvalue weighted by atomic mass is 32.1. The summed E-state index contributed by atoms with van der Waals surface area (Å²) >= 11 is 3.97. The first-order chi connectivity index (χ1) is 5.33. The number of thiol groups is 1. The lowest BCUT2D eigenvalue weighted by Crippen LogP contribution is -1.81. The molecule has 1 rings (SSSR count). The van der Waals surface area contributed by atoms with Gasteiger partial charge >= 0.3 is 0 Å². The van der Waals surface area contributed by atoms with Crippen molar-refractivity contribution in [3.05, 3.63) is 29.6 Å². The third kappa shape index (κ3) is 2.65. The zero-order valence-corrected chi connectivity index (χ0v) is 7.23. The van der Waals surface area contributed by atoms with Crippen LogP contribution in [0.4, 0.5) is 0 Å². The highest BCUT2D eigenvalue weighted by Crippen LogP contribution is 1.95. The molecule has 0 radical (unpaired) electrons. The van der Waals surface area contributed by atoms with Gasteiger partial charge in [0.25, 0.3) is 0 Å². The average Bonchev–Trinajstić information content (AvgIpc) is 2.04. The molecule has 0 saturated carbocycles. The van der Waals surface area contributed by atoms with Crippen molar-refractivity contribution in [2.24, 2.45) is 0 Å². The van der Waals surface area contributed by atoms with Crippen LogP contribution in [0.5, 0.6) is 0 Å². The lowest BCUT2D eigenvalue weighted by atomic mass is 10.3. The lowest BCUT2D eigenvalue weighted by molar-refractivity contribution is 1.24. The summed E-state index contributed by atoms with van der Waals surface area (Å²) in [5.74, 6) is 6.30. The van der Waals surface area contributed by atoms with Crippen LogP contribution in [0.3, 0.4) is 0 Å². The van der Waals surface area contributed by atoms with E-state index in [0.717, 1.165) is 11.3 Å². The third-order valence-electron chi connectivity index (χ3n) is 1.21. The van der Waals surface area contributed by atoms with Crippen LogP contribution in [0.15, 0.2) is 18.3 Å². The molecule has 1 aromatic heterocycles. The molecule has 2 heteroatoms. The Morgan fingerprint density at radius 1 is 1.55 bits per heavy atom. The van der Waals surface area contributed by atoms with Gasteiger partial charge in [0.2, 0.25) is 0 Å². The van der Waals surface area contributed by atoms with Crippen molar-refractivity contribution in [2.45, 2.75) is 6.92 Å². The maximum atomic E-state index is 4.11. The minimum absolute atomic E-state index is 0.579. The Bertz CT molecular complexity index is 279. The quantitative estimate of drug-likeness (QED) is 0.453. The fourth-order valence-electron chi connectivity index (χ4n) is 0.672. The average molecular weight is 163 g/mol. The first kappa shape index (κ1) is 8.16. The fraction of sp³-hybridized carbons (Fsp3) is 0.222. The van der Waals surface area contributed by atoms with E-state index in [2.05, 4.69) is 29.5 Å². The van der Waals surface area contributed by atoms with Gasteiger partial charge in [-0.05, 0) is 24.5 Å². The van der Waals surface area contributed by atoms with E-state index in [1.54, 1.807) is 0 Å². The zero-order chi connectivity index (χ0) is 8.10. The van der Waals surface area contributed by atoms with Gasteiger partial charge < -0.3 is 0 Å². The van der Waals surface area contributed by atoms with Crippen LogP contribution >= 0.6 is 12.6 Å². The second kappa shape index (κ2) is 4.05. The van der Waals surface area contributed by atoms with Crippen LogP contribution in [-0.4, -0.2) is 10.7 Å². The summed E-state index contributed by atoms with van der Waals surface area (Å²) in [7, 11) is 0. The molecule has 1 heterocycles. The van der Waals surface area contributed by atoms with E-state index < -0.39 is 0 Å². The predicted molar refractivity (Wildman–Crippen MR) is 49.7 cm³/mol. The fourth-order valence-corrected chi connectivity index (χ4v) is 0.751. The number of nitrogens with zero attached hydrogens (tertiary/aromatic N) is 1. The van der Waals surface area contributed by atoms with Gasteiger partial charge in [0.1, 0.15) is 5.69 Å². The Hall–Kier alpha value is -0.940. The smallest absolute Gasteiger partial charge is 0.113 e. The molecule has 0 aliphatic heterocycles. The van der Waals surface area contributed by atoms with Crippen LogP contribution in [0.25, 0.3) is 0 Å². The Labute approximate surface area is 72.3 Å². The molecule has 0 bridgehead atoms.